The molecular weight excluding hydrogens is 344 g/mol. The maximum absolute atomic E-state index is 5.86. The molecule has 28 heavy (non-hydrogen) atoms. The van der Waals surface area contributed by atoms with Gasteiger partial charge in [0.2, 0.25) is 0 Å². The molecule has 0 spiro atoms. The molecule has 0 heterocycles. The van der Waals surface area contributed by atoms with Crippen LogP contribution in [0, 0.1) is 0 Å². The minimum atomic E-state index is 0.841. The Hall–Kier alpha value is -3.52. The fourth-order valence-corrected chi connectivity index (χ4v) is 3.94. The van der Waals surface area contributed by atoms with E-state index >= 15 is 0 Å². The molecule has 0 saturated carbocycles. The maximum Gasteiger partial charge on any atom is 0.127 e. The van der Waals surface area contributed by atoms with Gasteiger partial charge in [-0.15, -0.1) is 0 Å². The zero-order valence-electron chi connectivity index (χ0n) is 15.9. The van der Waals surface area contributed by atoms with Crippen molar-refractivity contribution >= 4 is 0 Å². The Morgan fingerprint density at radius 3 is 1.71 bits per heavy atom. The van der Waals surface area contributed by atoms with Gasteiger partial charge in [-0.3, -0.25) is 0 Å². The van der Waals surface area contributed by atoms with Gasteiger partial charge in [0.25, 0.3) is 0 Å². The fraction of sp³-hybridized carbons (Fsp3) is 0.0769. The van der Waals surface area contributed by atoms with Gasteiger partial charge in [-0.1, -0.05) is 60.7 Å². The third kappa shape index (κ3) is 2.66. The van der Waals surface area contributed by atoms with Crippen molar-refractivity contribution in [3.63, 3.8) is 0 Å². The number of rotatable bonds is 3. The van der Waals surface area contributed by atoms with Crippen LogP contribution in [0.3, 0.4) is 0 Å². The predicted octanol–water partition coefficient (Wildman–Crippen LogP) is 6.69. The standard InChI is InChI=1S/C26H20O2/c1-27-23-5-3-4-21(14-23)24-15-22-16-25(28-2)26(24)20-12-10-18(11-13-20)17-6-8-19(22)9-7-17/h3-16H,1-2H3. The summed E-state index contributed by atoms with van der Waals surface area (Å²) in [5.41, 5.74) is 9.23. The summed E-state index contributed by atoms with van der Waals surface area (Å²) < 4.78 is 11.3. The van der Waals surface area contributed by atoms with Crippen molar-refractivity contribution in [3.05, 3.63) is 84.9 Å². The lowest BCUT2D eigenvalue weighted by Crippen LogP contribution is -1.95. The van der Waals surface area contributed by atoms with Crippen molar-refractivity contribution in [1.82, 2.24) is 0 Å². The van der Waals surface area contributed by atoms with E-state index in [0.717, 1.165) is 39.3 Å². The lowest BCUT2D eigenvalue weighted by Gasteiger charge is -2.19. The van der Waals surface area contributed by atoms with Crippen LogP contribution < -0.4 is 9.47 Å². The van der Waals surface area contributed by atoms with Crippen LogP contribution in [0.1, 0.15) is 0 Å². The van der Waals surface area contributed by atoms with E-state index in [-0.39, 0.29) is 0 Å². The highest BCUT2D eigenvalue weighted by Gasteiger charge is 2.18. The molecule has 6 bridgehead atoms. The van der Waals surface area contributed by atoms with Crippen molar-refractivity contribution in [1.29, 1.82) is 0 Å². The highest BCUT2D eigenvalue weighted by molar-refractivity contribution is 5.92. The second-order valence-corrected chi connectivity index (χ2v) is 6.99. The van der Waals surface area contributed by atoms with Crippen LogP contribution in [-0.2, 0) is 0 Å². The number of ether oxygens (including phenoxy) is 2. The molecule has 0 aliphatic heterocycles. The van der Waals surface area contributed by atoms with Crippen LogP contribution in [0.2, 0.25) is 0 Å². The first kappa shape index (κ1) is 16.6. The van der Waals surface area contributed by atoms with E-state index in [4.69, 9.17) is 9.47 Å². The van der Waals surface area contributed by atoms with Gasteiger partial charge < -0.3 is 9.47 Å². The average Bonchev–Trinajstić information content (AvgIpc) is 2.77. The summed E-state index contributed by atoms with van der Waals surface area (Å²) >= 11 is 0. The highest BCUT2D eigenvalue weighted by atomic mass is 16.5. The topological polar surface area (TPSA) is 18.5 Å². The minimum absolute atomic E-state index is 0.841. The predicted molar refractivity (Wildman–Crippen MR) is 115 cm³/mol. The van der Waals surface area contributed by atoms with E-state index in [1.807, 2.05) is 12.1 Å². The number of benzene rings is 4. The van der Waals surface area contributed by atoms with Gasteiger partial charge in [0.05, 0.1) is 14.2 Å². The Labute approximate surface area is 165 Å². The van der Waals surface area contributed by atoms with Crippen LogP contribution in [0.5, 0.6) is 11.5 Å². The Bertz CT molecular complexity index is 1160. The molecule has 0 unspecified atom stereocenters. The summed E-state index contributed by atoms with van der Waals surface area (Å²) in [7, 11) is 3.44. The molecule has 0 atom stereocenters. The lowest BCUT2D eigenvalue weighted by molar-refractivity contribution is 0.415. The number of methoxy groups -OCH3 is 2. The van der Waals surface area contributed by atoms with Crippen molar-refractivity contribution in [3.8, 4) is 56.0 Å². The van der Waals surface area contributed by atoms with Crippen LogP contribution in [0.15, 0.2) is 84.9 Å². The van der Waals surface area contributed by atoms with Gasteiger partial charge in [0, 0.05) is 5.56 Å². The molecule has 0 radical (unpaired) electrons. The van der Waals surface area contributed by atoms with Crippen LogP contribution >= 0.6 is 0 Å². The molecule has 7 aliphatic carbocycles. The second-order valence-electron chi connectivity index (χ2n) is 6.99. The first-order valence-electron chi connectivity index (χ1n) is 9.34. The summed E-state index contributed by atoms with van der Waals surface area (Å²) in [6.07, 6.45) is 0. The molecule has 0 aromatic heterocycles. The number of hydrogen-bond donors (Lipinski definition) is 0. The van der Waals surface area contributed by atoms with Crippen LogP contribution in [-0.4, -0.2) is 14.2 Å². The van der Waals surface area contributed by atoms with Crippen LogP contribution in [0.25, 0.3) is 44.5 Å². The lowest BCUT2D eigenvalue weighted by atomic mass is 9.88. The van der Waals surface area contributed by atoms with Crippen molar-refractivity contribution in [2.45, 2.75) is 0 Å². The second kappa shape index (κ2) is 6.58. The largest absolute Gasteiger partial charge is 0.497 e. The van der Waals surface area contributed by atoms with Gasteiger partial charge in [-0.25, -0.2) is 0 Å². The van der Waals surface area contributed by atoms with E-state index < -0.39 is 0 Å². The molecule has 0 saturated heterocycles. The summed E-state index contributed by atoms with van der Waals surface area (Å²) in [5.74, 6) is 1.71. The Morgan fingerprint density at radius 2 is 1.11 bits per heavy atom. The molecule has 0 N–H and O–H groups in total. The molecule has 136 valence electrons. The molecule has 4 aromatic rings. The van der Waals surface area contributed by atoms with Gasteiger partial charge in [0.15, 0.2) is 0 Å². The van der Waals surface area contributed by atoms with E-state index in [9.17, 15) is 0 Å². The SMILES string of the molecule is COc1cccc(-c2cc3cc(OC)c2-c2ccc(cc2)-c2ccc-3cc2)c1. The molecule has 7 aliphatic rings. The van der Waals surface area contributed by atoms with Crippen molar-refractivity contribution in [2.75, 3.05) is 14.2 Å². The zero-order chi connectivity index (χ0) is 19.1. The molecule has 0 fully saturated rings. The summed E-state index contributed by atoms with van der Waals surface area (Å²) in [6, 6.07) is 30.0. The molecule has 0 amide bonds. The van der Waals surface area contributed by atoms with E-state index in [1.165, 1.54) is 16.7 Å². The third-order valence-corrected chi connectivity index (χ3v) is 5.43. The van der Waals surface area contributed by atoms with Crippen molar-refractivity contribution in [2.24, 2.45) is 0 Å². The first-order valence-corrected chi connectivity index (χ1v) is 9.34. The molecule has 11 rings (SSSR count). The zero-order valence-corrected chi connectivity index (χ0v) is 15.9. The van der Waals surface area contributed by atoms with Gasteiger partial charge in [-0.2, -0.15) is 0 Å². The molecular formula is C26H20O2. The normalized spacial score (nSPS) is 11.2. The van der Waals surface area contributed by atoms with Crippen LogP contribution in [0.4, 0.5) is 0 Å². The first-order chi connectivity index (χ1) is 13.8. The average molecular weight is 364 g/mol. The quantitative estimate of drug-likeness (QED) is 0.355. The molecule has 2 nitrogen and oxygen atoms in total. The van der Waals surface area contributed by atoms with Gasteiger partial charge >= 0.3 is 0 Å². The van der Waals surface area contributed by atoms with E-state index in [0.29, 0.717) is 0 Å². The number of hydrogen-bond acceptors (Lipinski definition) is 2. The van der Waals surface area contributed by atoms with Crippen molar-refractivity contribution < 1.29 is 9.47 Å². The summed E-state index contributed by atoms with van der Waals surface area (Å²) in [5, 5.41) is 0. The van der Waals surface area contributed by atoms with Gasteiger partial charge in [-0.05, 0) is 63.2 Å². The molecule has 4 aromatic carbocycles. The maximum atomic E-state index is 5.86. The molecule has 2 heteroatoms. The van der Waals surface area contributed by atoms with E-state index in [2.05, 4.69) is 72.8 Å². The smallest absolute Gasteiger partial charge is 0.127 e. The Balaban J connectivity index is 1.90. The Morgan fingerprint density at radius 1 is 0.500 bits per heavy atom. The summed E-state index contributed by atoms with van der Waals surface area (Å²) in [4.78, 5) is 0. The monoisotopic (exact) mass is 364 g/mol. The fourth-order valence-electron chi connectivity index (χ4n) is 3.94. The minimum Gasteiger partial charge on any atom is -0.497 e. The highest BCUT2D eigenvalue weighted by Crippen LogP contribution is 2.44. The summed E-state index contributed by atoms with van der Waals surface area (Å²) in [6.45, 7) is 0. The van der Waals surface area contributed by atoms with Gasteiger partial charge in [0.1, 0.15) is 11.5 Å². The van der Waals surface area contributed by atoms with E-state index in [1.54, 1.807) is 14.2 Å². The third-order valence-electron chi connectivity index (χ3n) is 5.43. The Kier molecular flexibility index (Phi) is 3.91.